The number of hydrogen-bond donors (Lipinski definition) is 0. The fourth-order valence-electron chi connectivity index (χ4n) is 1.08. The van der Waals surface area contributed by atoms with Gasteiger partial charge in [-0.3, -0.25) is 0 Å². The van der Waals surface area contributed by atoms with E-state index in [-0.39, 0.29) is 0 Å². The Labute approximate surface area is 105 Å². The molecule has 0 radical (unpaired) electrons. The molecule has 2 rings (SSSR count). The van der Waals surface area contributed by atoms with E-state index in [1.54, 1.807) is 11.3 Å². The van der Waals surface area contributed by atoms with Crippen LogP contribution in [0.3, 0.4) is 0 Å². The monoisotopic (exact) mass is 300 g/mol. The van der Waals surface area contributed by atoms with E-state index in [2.05, 4.69) is 40.7 Å². The molecule has 15 heavy (non-hydrogen) atoms. The van der Waals surface area contributed by atoms with E-state index in [0.717, 1.165) is 5.02 Å². The van der Waals surface area contributed by atoms with Gasteiger partial charge in [-0.05, 0) is 0 Å². The van der Waals surface area contributed by atoms with Crippen molar-refractivity contribution in [1.82, 2.24) is 0 Å². The molecule has 1 aromatic heterocycles. The van der Waals surface area contributed by atoms with E-state index in [4.69, 9.17) is 11.6 Å². The molecular formula is C12H9ClSSe. The summed E-state index contributed by atoms with van der Waals surface area (Å²) in [5.41, 5.74) is 0. The van der Waals surface area contributed by atoms with Crippen LogP contribution >= 0.6 is 22.9 Å². The Morgan fingerprint density at radius 2 is 1.93 bits per heavy atom. The zero-order chi connectivity index (χ0) is 10.5. The molecule has 3 heteroatoms. The summed E-state index contributed by atoms with van der Waals surface area (Å²) in [6.45, 7) is 0. The Balaban J connectivity index is 1.96. The molecule has 0 unspecified atom stereocenters. The second kappa shape index (κ2) is 5.53. The van der Waals surface area contributed by atoms with E-state index in [0.29, 0.717) is 15.0 Å². The van der Waals surface area contributed by atoms with Crippen LogP contribution < -0.4 is 4.46 Å². The number of thiophene rings is 1. The number of halogens is 1. The van der Waals surface area contributed by atoms with Crippen LogP contribution in [0.1, 0.15) is 4.88 Å². The summed E-state index contributed by atoms with van der Waals surface area (Å²) in [5.74, 6) is 0. The second-order valence-corrected chi connectivity index (χ2v) is 6.36. The average molecular weight is 300 g/mol. The summed E-state index contributed by atoms with van der Waals surface area (Å²) in [4.78, 5) is 3.55. The van der Waals surface area contributed by atoms with Crippen LogP contribution in [0.2, 0.25) is 5.02 Å². The molecule has 2 aromatic rings. The molecule has 0 saturated heterocycles. The first-order valence-electron chi connectivity index (χ1n) is 4.47. The molecule has 0 saturated carbocycles. The van der Waals surface area contributed by atoms with Crippen molar-refractivity contribution in [2.24, 2.45) is 0 Å². The Bertz CT molecular complexity index is 431. The zero-order valence-corrected chi connectivity index (χ0v) is 11.2. The van der Waals surface area contributed by atoms with Crippen LogP contribution in [0.5, 0.6) is 0 Å². The molecule has 0 aliphatic rings. The Morgan fingerprint density at radius 1 is 1.13 bits per heavy atom. The molecule has 0 bridgehead atoms. The summed E-state index contributed by atoms with van der Waals surface area (Å²) in [7, 11) is 0. The third-order valence-electron chi connectivity index (χ3n) is 1.79. The van der Waals surface area contributed by atoms with Gasteiger partial charge in [-0.25, -0.2) is 0 Å². The second-order valence-electron chi connectivity index (χ2n) is 2.89. The summed E-state index contributed by atoms with van der Waals surface area (Å²) in [5, 5.41) is 2.89. The Morgan fingerprint density at radius 3 is 2.60 bits per heavy atom. The average Bonchev–Trinajstić information content (AvgIpc) is 2.74. The summed E-state index contributed by atoms with van der Waals surface area (Å²) in [6.07, 6.45) is 2.18. The maximum absolute atomic E-state index is 5.82. The van der Waals surface area contributed by atoms with Crippen LogP contribution in [0, 0.1) is 0 Å². The van der Waals surface area contributed by atoms with E-state index >= 15 is 0 Å². The standard InChI is InChI=1S/C12H9ClSSe/c13-10-3-5-12(6-4-10)15-9-7-11-2-1-8-14-11/h1-9H/b9-7+. The molecule has 0 fully saturated rings. The predicted octanol–water partition coefficient (Wildman–Crippen LogP) is 3.40. The van der Waals surface area contributed by atoms with Gasteiger partial charge in [0.05, 0.1) is 0 Å². The van der Waals surface area contributed by atoms with Crippen LogP contribution in [0.15, 0.2) is 46.8 Å². The van der Waals surface area contributed by atoms with Crippen LogP contribution in [0.4, 0.5) is 0 Å². The molecule has 0 aliphatic carbocycles. The van der Waals surface area contributed by atoms with E-state index in [1.807, 2.05) is 12.1 Å². The molecule has 0 nitrogen and oxygen atoms in total. The van der Waals surface area contributed by atoms with Gasteiger partial charge in [0.25, 0.3) is 0 Å². The van der Waals surface area contributed by atoms with Gasteiger partial charge in [0.1, 0.15) is 0 Å². The molecule has 1 aromatic carbocycles. The van der Waals surface area contributed by atoms with Crippen molar-refractivity contribution in [3.63, 3.8) is 0 Å². The van der Waals surface area contributed by atoms with Crippen molar-refractivity contribution in [3.8, 4) is 0 Å². The molecule has 0 aliphatic heterocycles. The molecule has 76 valence electrons. The van der Waals surface area contributed by atoms with Crippen molar-refractivity contribution in [1.29, 1.82) is 0 Å². The first-order valence-corrected chi connectivity index (χ1v) is 7.57. The van der Waals surface area contributed by atoms with Gasteiger partial charge in [-0.15, -0.1) is 0 Å². The van der Waals surface area contributed by atoms with Crippen molar-refractivity contribution in [2.75, 3.05) is 0 Å². The van der Waals surface area contributed by atoms with Crippen molar-refractivity contribution < 1.29 is 0 Å². The Hall–Kier alpha value is -0.531. The maximum atomic E-state index is 5.82. The van der Waals surface area contributed by atoms with Gasteiger partial charge in [-0.1, -0.05) is 0 Å². The first kappa shape index (κ1) is 11.0. The van der Waals surface area contributed by atoms with Gasteiger partial charge in [0.15, 0.2) is 0 Å². The van der Waals surface area contributed by atoms with Crippen molar-refractivity contribution in [3.05, 3.63) is 56.7 Å². The summed E-state index contributed by atoms with van der Waals surface area (Å²) in [6, 6.07) is 12.2. The van der Waals surface area contributed by atoms with Gasteiger partial charge in [0, 0.05) is 0 Å². The molecule has 0 N–H and O–H groups in total. The quantitative estimate of drug-likeness (QED) is 0.762. The van der Waals surface area contributed by atoms with E-state index in [9.17, 15) is 0 Å². The van der Waals surface area contributed by atoms with Gasteiger partial charge in [0.2, 0.25) is 0 Å². The van der Waals surface area contributed by atoms with Crippen LogP contribution in [-0.2, 0) is 0 Å². The third-order valence-corrected chi connectivity index (χ3v) is 4.60. The Kier molecular flexibility index (Phi) is 4.04. The predicted molar refractivity (Wildman–Crippen MR) is 70.2 cm³/mol. The normalized spacial score (nSPS) is 11.0. The minimum atomic E-state index is 0.397. The molecule has 1 heterocycles. The number of rotatable bonds is 3. The topological polar surface area (TPSA) is 0 Å². The van der Waals surface area contributed by atoms with Crippen LogP contribution in [-0.4, -0.2) is 15.0 Å². The molecule has 0 spiro atoms. The van der Waals surface area contributed by atoms with Crippen molar-refractivity contribution in [2.45, 2.75) is 0 Å². The van der Waals surface area contributed by atoms with Gasteiger partial charge < -0.3 is 0 Å². The number of hydrogen-bond acceptors (Lipinski definition) is 1. The van der Waals surface area contributed by atoms with Crippen molar-refractivity contribution >= 4 is 48.4 Å². The SMILES string of the molecule is Clc1ccc([Se]/C=C/c2cccs2)cc1. The number of benzene rings is 1. The zero-order valence-electron chi connectivity index (χ0n) is 7.89. The summed E-state index contributed by atoms with van der Waals surface area (Å²) < 4.78 is 1.35. The first-order chi connectivity index (χ1) is 7.34. The van der Waals surface area contributed by atoms with E-state index < -0.39 is 0 Å². The fraction of sp³-hybridized carbons (Fsp3) is 0. The third kappa shape index (κ3) is 3.51. The molecular weight excluding hydrogens is 291 g/mol. The van der Waals surface area contributed by atoms with E-state index in [1.165, 1.54) is 9.34 Å². The van der Waals surface area contributed by atoms with Gasteiger partial charge >= 0.3 is 105 Å². The minimum absolute atomic E-state index is 0.397. The van der Waals surface area contributed by atoms with Gasteiger partial charge in [-0.2, -0.15) is 0 Å². The molecule has 0 amide bonds. The van der Waals surface area contributed by atoms with Crippen LogP contribution in [0.25, 0.3) is 6.08 Å². The molecule has 0 atom stereocenters. The fourth-order valence-corrected chi connectivity index (χ4v) is 3.41. The summed E-state index contributed by atoms with van der Waals surface area (Å²) >= 11 is 7.98.